The lowest BCUT2D eigenvalue weighted by molar-refractivity contribution is -0.150. The number of ether oxygens (including phenoxy) is 1. The zero-order chi connectivity index (χ0) is 19.6. The molecule has 158 valence electrons. The van der Waals surface area contributed by atoms with E-state index in [9.17, 15) is 9.90 Å². The molecule has 0 radical (unpaired) electrons. The molecule has 0 spiro atoms. The van der Waals surface area contributed by atoms with E-state index in [4.69, 9.17) is 4.74 Å². The third kappa shape index (κ3) is 14.8. The predicted octanol–water partition coefficient (Wildman–Crippen LogP) is 6.87. The molecule has 1 aliphatic carbocycles. The Morgan fingerprint density at radius 1 is 0.963 bits per heavy atom. The maximum atomic E-state index is 11.8. The second-order valence-electron chi connectivity index (χ2n) is 8.27. The van der Waals surface area contributed by atoms with Crippen LogP contribution in [0.4, 0.5) is 0 Å². The molecule has 0 heterocycles. The minimum Gasteiger partial charge on any atom is -0.462 e. The van der Waals surface area contributed by atoms with Gasteiger partial charge in [-0.1, -0.05) is 70.4 Å². The molecule has 0 aromatic carbocycles. The van der Waals surface area contributed by atoms with E-state index in [1.54, 1.807) is 0 Å². The van der Waals surface area contributed by atoms with Gasteiger partial charge in [-0.15, -0.1) is 0 Å². The summed E-state index contributed by atoms with van der Waals surface area (Å²) in [5.41, 5.74) is 0. The number of aliphatic hydroxyl groups is 1. The average Bonchev–Trinajstić information content (AvgIpc) is 2.67. The number of carbonyl (C=O) groups is 1. The maximum absolute atomic E-state index is 11.8. The number of aliphatic hydroxyl groups excluding tert-OH is 1. The summed E-state index contributed by atoms with van der Waals surface area (Å²) in [6.07, 6.45) is 24.3. The van der Waals surface area contributed by atoms with Crippen LogP contribution in [0.5, 0.6) is 0 Å². The highest BCUT2D eigenvalue weighted by Crippen LogP contribution is 2.21. The van der Waals surface area contributed by atoms with Crippen molar-refractivity contribution >= 4 is 5.97 Å². The molecule has 0 amide bonds. The fraction of sp³-hybridized carbons (Fsp3) is 0.875. The monoisotopic (exact) mass is 380 g/mol. The van der Waals surface area contributed by atoms with Crippen molar-refractivity contribution in [2.75, 3.05) is 0 Å². The van der Waals surface area contributed by atoms with E-state index in [-0.39, 0.29) is 18.2 Å². The highest BCUT2D eigenvalue weighted by molar-refractivity contribution is 5.69. The summed E-state index contributed by atoms with van der Waals surface area (Å²) in [5.74, 6) is 0.0121. The van der Waals surface area contributed by atoms with E-state index >= 15 is 0 Å². The number of allylic oxidation sites excluding steroid dienone is 1. The standard InChI is InChI=1S/C24H44O3/c1-2-3-4-12-17-22(25)18-13-9-7-5-6-8-10-16-21-24(26)27-23-19-14-11-15-20-23/h9,13,22-23,25H,2-8,10-12,14-21H2,1H3/b13-9-/t22-/m1/s1. The Labute approximate surface area is 168 Å². The van der Waals surface area contributed by atoms with E-state index in [2.05, 4.69) is 19.1 Å². The van der Waals surface area contributed by atoms with Crippen LogP contribution in [-0.2, 0) is 9.53 Å². The Hall–Kier alpha value is -0.830. The molecule has 27 heavy (non-hydrogen) atoms. The summed E-state index contributed by atoms with van der Waals surface area (Å²) in [4.78, 5) is 11.8. The first-order valence-electron chi connectivity index (χ1n) is 11.7. The van der Waals surface area contributed by atoms with Crippen LogP contribution in [0.2, 0.25) is 0 Å². The highest BCUT2D eigenvalue weighted by Gasteiger charge is 2.17. The number of carbonyl (C=O) groups excluding carboxylic acids is 1. The number of hydrogen-bond donors (Lipinski definition) is 1. The second kappa shape index (κ2) is 17.3. The molecule has 1 aliphatic rings. The summed E-state index contributed by atoms with van der Waals surface area (Å²) < 4.78 is 5.55. The van der Waals surface area contributed by atoms with Gasteiger partial charge in [0.1, 0.15) is 6.10 Å². The zero-order valence-electron chi connectivity index (χ0n) is 17.8. The van der Waals surface area contributed by atoms with Crippen molar-refractivity contribution in [3.8, 4) is 0 Å². The third-order valence-electron chi connectivity index (χ3n) is 5.57. The number of rotatable bonds is 16. The van der Waals surface area contributed by atoms with Gasteiger partial charge in [-0.2, -0.15) is 0 Å². The maximum Gasteiger partial charge on any atom is 0.306 e. The minimum absolute atomic E-state index is 0.0121. The van der Waals surface area contributed by atoms with Crippen LogP contribution in [0.1, 0.15) is 122 Å². The van der Waals surface area contributed by atoms with Gasteiger partial charge in [0.2, 0.25) is 0 Å². The Kier molecular flexibility index (Phi) is 15.5. The first-order valence-corrected chi connectivity index (χ1v) is 11.7. The minimum atomic E-state index is -0.161. The summed E-state index contributed by atoms with van der Waals surface area (Å²) >= 11 is 0. The molecular weight excluding hydrogens is 336 g/mol. The summed E-state index contributed by atoms with van der Waals surface area (Å²) in [7, 11) is 0. The van der Waals surface area contributed by atoms with Crippen molar-refractivity contribution in [1.82, 2.24) is 0 Å². The van der Waals surface area contributed by atoms with Crippen molar-refractivity contribution in [3.63, 3.8) is 0 Å². The molecule has 1 atom stereocenters. The summed E-state index contributed by atoms with van der Waals surface area (Å²) in [6.45, 7) is 2.21. The van der Waals surface area contributed by atoms with Gasteiger partial charge in [-0.25, -0.2) is 0 Å². The van der Waals surface area contributed by atoms with Crippen LogP contribution in [0, 0.1) is 0 Å². The molecule has 1 N–H and O–H groups in total. The zero-order valence-corrected chi connectivity index (χ0v) is 17.8. The molecule has 3 nitrogen and oxygen atoms in total. The molecule has 0 aromatic rings. The average molecular weight is 381 g/mol. The van der Waals surface area contributed by atoms with Gasteiger partial charge in [0.15, 0.2) is 0 Å². The second-order valence-corrected chi connectivity index (χ2v) is 8.27. The van der Waals surface area contributed by atoms with E-state index in [0.717, 1.165) is 51.4 Å². The van der Waals surface area contributed by atoms with Gasteiger partial charge < -0.3 is 9.84 Å². The smallest absolute Gasteiger partial charge is 0.306 e. The number of esters is 1. The Morgan fingerprint density at radius 2 is 1.67 bits per heavy atom. The van der Waals surface area contributed by atoms with Crippen LogP contribution in [0.25, 0.3) is 0 Å². The molecule has 3 heteroatoms. The Morgan fingerprint density at radius 3 is 2.44 bits per heavy atom. The van der Waals surface area contributed by atoms with Gasteiger partial charge in [0.05, 0.1) is 6.10 Å². The van der Waals surface area contributed by atoms with Gasteiger partial charge >= 0.3 is 5.97 Å². The molecule has 0 aliphatic heterocycles. The van der Waals surface area contributed by atoms with E-state index in [1.807, 2.05) is 0 Å². The lowest BCUT2D eigenvalue weighted by atomic mass is 9.98. The quantitative estimate of drug-likeness (QED) is 0.180. The van der Waals surface area contributed by atoms with Gasteiger partial charge in [-0.05, 0) is 57.8 Å². The van der Waals surface area contributed by atoms with E-state index in [1.165, 1.54) is 57.8 Å². The fourth-order valence-corrected chi connectivity index (χ4v) is 3.79. The van der Waals surface area contributed by atoms with Crippen molar-refractivity contribution in [2.24, 2.45) is 0 Å². The van der Waals surface area contributed by atoms with Crippen LogP contribution < -0.4 is 0 Å². The first-order chi connectivity index (χ1) is 13.2. The van der Waals surface area contributed by atoms with Gasteiger partial charge in [0.25, 0.3) is 0 Å². The molecule has 1 saturated carbocycles. The van der Waals surface area contributed by atoms with Crippen molar-refractivity contribution in [3.05, 3.63) is 12.2 Å². The van der Waals surface area contributed by atoms with Crippen LogP contribution in [0.3, 0.4) is 0 Å². The number of hydrogen-bond acceptors (Lipinski definition) is 3. The van der Waals surface area contributed by atoms with Crippen molar-refractivity contribution in [2.45, 2.75) is 135 Å². The molecule has 0 bridgehead atoms. The normalized spacial score (nSPS) is 16.7. The Balaban J connectivity index is 1.84. The van der Waals surface area contributed by atoms with Crippen molar-refractivity contribution in [1.29, 1.82) is 0 Å². The van der Waals surface area contributed by atoms with Gasteiger partial charge in [0, 0.05) is 6.42 Å². The first kappa shape index (κ1) is 24.2. The lowest BCUT2D eigenvalue weighted by Crippen LogP contribution is -2.20. The van der Waals surface area contributed by atoms with Gasteiger partial charge in [-0.3, -0.25) is 4.79 Å². The molecule has 0 aromatic heterocycles. The summed E-state index contributed by atoms with van der Waals surface area (Å²) in [5, 5.41) is 9.91. The third-order valence-corrected chi connectivity index (χ3v) is 5.57. The topological polar surface area (TPSA) is 46.5 Å². The van der Waals surface area contributed by atoms with Crippen LogP contribution >= 0.6 is 0 Å². The van der Waals surface area contributed by atoms with Crippen LogP contribution in [0.15, 0.2) is 12.2 Å². The summed E-state index contributed by atoms with van der Waals surface area (Å²) in [6, 6.07) is 0. The largest absolute Gasteiger partial charge is 0.462 e. The SMILES string of the molecule is CCCCCC[C@@H](O)C/C=C\CCCCCCCC(=O)OC1CCCCC1. The molecular formula is C24H44O3. The fourth-order valence-electron chi connectivity index (χ4n) is 3.79. The molecule has 0 saturated heterocycles. The molecule has 0 unspecified atom stereocenters. The lowest BCUT2D eigenvalue weighted by Gasteiger charge is -2.21. The molecule has 1 fully saturated rings. The van der Waals surface area contributed by atoms with Crippen molar-refractivity contribution < 1.29 is 14.6 Å². The van der Waals surface area contributed by atoms with E-state index < -0.39 is 0 Å². The Bertz CT molecular complexity index is 372. The predicted molar refractivity (Wildman–Crippen MR) is 114 cm³/mol. The van der Waals surface area contributed by atoms with Crippen LogP contribution in [-0.4, -0.2) is 23.3 Å². The molecule has 1 rings (SSSR count). The highest BCUT2D eigenvalue weighted by atomic mass is 16.5. The number of unbranched alkanes of at least 4 members (excludes halogenated alkanes) is 8. The van der Waals surface area contributed by atoms with E-state index in [0.29, 0.717) is 6.42 Å².